The van der Waals surface area contributed by atoms with Gasteiger partial charge in [-0.1, -0.05) is 26.0 Å². The van der Waals surface area contributed by atoms with Crippen LogP contribution in [0.15, 0.2) is 42.6 Å². The second-order valence-corrected chi connectivity index (χ2v) is 5.46. The molecule has 1 heterocycles. The van der Waals surface area contributed by atoms with Gasteiger partial charge in [0.15, 0.2) is 5.78 Å². The van der Waals surface area contributed by atoms with Crippen molar-refractivity contribution < 1.29 is 9.53 Å². The summed E-state index contributed by atoms with van der Waals surface area (Å²) >= 11 is 0. The largest absolute Gasteiger partial charge is 0.494 e. The predicted molar refractivity (Wildman–Crippen MR) is 88.6 cm³/mol. The number of ether oxygens (including phenoxy) is 1. The molecule has 22 heavy (non-hydrogen) atoms. The first-order valence-corrected chi connectivity index (χ1v) is 7.58. The van der Waals surface area contributed by atoms with Crippen molar-refractivity contribution >= 4 is 11.6 Å². The summed E-state index contributed by atoms with van der Waals surface area (Å²) in [6.07, 6.45) is 1.69. The average Bonchev–Trinajstić information content (AvgIpc) is 2.53. The van der Waals surface area contributed by atoms with E-state index in [2.05, 4.69) is 24.1 Å². The van der Waals surface area contributed by atoms with Gasteiger partial charge in [0.05, 0.1) is 12.2 Å². The maximum atomic E-state index is 12.7. The second kappa shape index (κ2) is 7.59. The zero-order valence-electron chi connectivity index (χ0n) is 13.3. The Hall–Kier alpha value is -2.36. The summed E-state index contributed by atoms with van der Waals surface area (Å²) in [5.74, 6) is 1.75. The average molecular weight is 298 g/mol. The number of nitrogens with zero attached hydrogens (tertiary/aromatic N) is 1. The van der Waals surface area contributed by atoms with Crippen LogP contribution in [0.25, 0.3) is 0 Å². The minimum atomic E-state index is -0.0547. The molecule has 0 aliphatic heterocycles. The summed E-state index contributed by atoms with van der Waals surface area (Å²) in [4.78, 5) is 17.0. The molecule has 0 aliphatic carbocycles. The Morgan fingerprint density at radius 1 is 1.27 bits per heavy atom. The number of hydrogen-bond donors (Lipinski definition) is 1. The van der Waals surface area contributed by atoms with Gasteiger partial charge in [0, 0.05) is 18.3 Å². The molecule has 0 bridgehead atoms. The van der Waals surface area contributed by atoms with Crippen molar-refractivity contribution in [3.05, 3.63) is 53.7 Å². The molecule has 0 unspecified atom stereocenters. The van der Waals surface area contributed by atoms with E-state index in [1.165, 1.54) is 0 Å². The minimum absolute atomic E-state index is 0.0547. The van der Waals surface area contributed by atoms with E-state index >= 15 is 0 Å². The molecule has 0 amide bonds. The monoisotopic (exact) mass is 298 g/mol. The Morgan fingerprint density at radius 3 is 2.82 bits per heavy atom. The van der Waals surface area contributed by atoms with E-state index in [1.807, 2.05) is 19.1 Å². The Bertz CT molecular complexity index is 638. The van der Waals surface area contributed by atoms with Crippen LogP contribution in [0.2, 0.25) is 0 Å². The van der Waals surface area contributed by atoms with Crippen LogP contribution >= 0.6 is 0 Å². The van der Waals surface area contributed by atoms with Gasteiger partial charge in [-0.05, 0) is 37.1 Å². The zero-order chi connectivity index (χ0) is 15.9. The van der Waals surface area contributed by atoms with Gasteiger partial charge in [-0.25, -0.2) is 4.98 Å². The first-order chi connectivity index (χ1) is 10.6. The van der Waals surface area contributed by atoms with Gasteiger partial charge in [0.1, 0.15) is 11.6 Å². The highest BCUT2D eigenvalue weighted by molar-refractivity contribution is 6.12. The molecule has 116 valence electrons. The molecule has 2 rings (SSSR count). The fourth-order valence-corrected chi connectivity index (χ4v) is 2.08. The summed E-state index contributed by atoms with van der Waals surface area (Å²) < 4.78 is 5.46. The number of carbonyl (C=O) groups is 1. The number of benzene rings is 1. The van der Waals surface area contributed by atoms with Crippen LogP contribution in [0.4, 0.5) is 5.82 Å². The molecule has 0 saturated heterocycles. The summed E-state index contributed by atoms with van der Waals surface area (Å²) in [6.45, 7) is 7.50. The third-order valence-corrected chi connectivity index (χ3v) is 3.14. The van der Waals surface area contributed by atoms with E-state index in [4.69, 9.17) is 4.74 Å². The van der Waals surface area contributed by atoms with Gasteiger partial charge in [0.2, 0.25) is 0 Å². The third kappa shape index (κ3) is 4.07. The van der Waals surface area contributed by atoms with E-state index in [1.54, 1.807) is 30.5 Å². The lowest BCUT2D eigenvalue weighted by molar-refractivity contribution is 0.103. The molecule has 0 atom stereocenters. The lowest BCUT2D eigenvalue weighted by atomic mass is 10.0. The number of anilines is 1. The molecule has 1 aromatic carbocycles. The van der Waals surface area contributed by atoms with Crippen molar-refractivity contribution in [2.75, 3.05) is 18.5 Å². The van der Waals surface area contributed by atoms with Crippen LogP contribution in [0.5, 0.6) is 5.75 Å². The molecule has 4 nitrogen and oxygen atoms in total. The maximum absolute atomic E-state index is 12.7. The fraction of sp³-hybridized carbons (Fsp3) is 0.333. The number of ketones is 1. The molecule has 2 aromatic rings. The van der Waals surface area contributed by atoms with Crippen molar-refractivity contribution in [2.45, 2.75) is 20.8 Å². The van der Waals surface area contributed by atoms with Crippen molar-refractivity contribution in [1.29, 1.82) is 0 Å². The predicted octanol–water partition coefficient (Wildman–Crippen LogP) is 3.78. The summed E-state index contributed by atoms with van der Waals surface area (Å²) in [7, 11) is 0. The molecule has 0 saturated carbocycles. The zero-order valence-corrected chi connectivity index (χ0v) is 13.3. The van der Waals surface area contributed by atoms with Crippen LogP contribution in [-0.2, 0) is 0 Å². The third-order valence-electron chi connectivity index (χ3n) is 3.14. The van der Waals surface area contributed by atoms with Gasteiger partial charge < -0.3 is 10.1 Å². The van der Waals surface area contributed by atoms with Gasteiger partial charge in [-0.2, -0.15) is 0 Å². The Kier molecular flexibility index (Phi) is 5.53. The quantitative estimate of drug-likeness (QED) is 0.790. The van der Waals surface area contributed by atoms with E-state index in [0.717, 1.165) is 6.54 Å². The Morgan fingerprint density at radius 2 is 2.09 bits per heavy atom. The van der Waals surface area contributed by atoms with E-state index < -0.39 is 0 Å². The molecule has 0 aliphatic rings. The molecule has 1 N–H and O–H groups in total. The normalized spacial score (nSPS) is 10.5. The van der Waals surface area contributed by atoms with Crippen LogP contribution in [-0.4, -0.2) is 23.9 Å². The molecule has 4 heteroatoms. The molecule has 0 fully saturated rings. The van der Waals surface area contributed by atoms with Crippen LogP contribution in [0.3, 0.4) is 0 Å². The number of hydrogen-bond acceptors (Lipinski definition) is 4. The molecule has 1 aromatic heterocycles. The molecule has 0 spiro atoms. The van der Waals surface area contributed by atoms with Crippen molar-refractivity contribution in [3.8, 4) is 5.75 Å². The molecular formula is C18H22N2O2. The topological polar surface area (TPSA) is 51.2 Å². The van der Waals surface area contributed by atoms with E-state index in [9.17, 15) is 4.79 Å². The fourth-order valence-electron chi connectivity index (χ4n) is 2.08. The van der Waals surface area contributed by atoms with E-state index in [-0.39, 0.29) is 5.78 Å². The first-order valence-electron chi connectivity index (χ1n) is 7.58. The Labute approximate surface area is 131 Å². The van der Waals surface area contributed by atoms with Gasteiger partial charge >= 0.3 is 0 Å². The maximum Gasteiger partial charge on any atom is 0.196 e. The van der Waals surface area contributed by atoms with E-state index in [0.29, 0.717) is 35.2 Å². The molecule has 0 radical (unpaired) electrons. The number of rotatable bonds is 7. The standard InChI is InChI=1S/C18H22N2O2/c1-4-22-15-8-5-7-14(11-15)17(21)16-9-6-10-19-18(16)20-12-13(2)3/h5-11,13H,4,12H2,1-3H3,(H,19,20). The molecular weight excluding hydrogens is 276 g/mol. The van der Waals surface area contributed by atoms with Gasteiger partial charge in [-0.15, -0.1) is 0 Å². The van der Waals surface area contributed by atoms with Crippen LogP contribution in [0.1, 0.15) is 36.7 Å². The smallest absolute Gasteiger partial charge is 0.196 e. The number of aromatic nitrogens is 1. The van der Waals surface area contributed by atoms with Crippen molar-refractivity contribution in [1.82, 2.24) is 4.98 Å². The summed E-state index contributed by atoms with van der Waals surface area (Å²) in [5.41, 5.74) is 1.18. The highest BCUT2D eigenvalue weighted by atomic mass is 16.5. The number of pyridine rings is 1. The first kappa shape index (κ1) is 16.0. The summed E-state index contributed by atoms with van der Waals surface area (Å²) in [5, 5.41) is 3.24. The second-order valence-electron chi connectivity index (χ2n) is 5.46. The van der Waals surface area contributed by atoms with Gasteiger partial charge in [-0.3, -0.25) is 4.79 Å². The Balaban J connectivity index is 2.27. The minimum Gasteiger partial charge on any atom is -0.494 e. The van der Waals surface area contributed by atoms with Crippen LogP contribution in [0, 0.1) is 5.92 Å². The van der Waals surface area contributed by atoms with Crippen LogP contribution < -0.4 is 10.1 Å². The highest BCUT2D eigenvalue weighted by Crippen LogP contribution is 2.20. The van der Waals surface area contributed by atoms with Crippen molar-refractivity contribution in [2.24, 2.45) is 5.92 Å². The highest BCUT2D eigenvalue weighted by Gasteiger charge is 2.15. The lowest BCUT2D eigenvalue weighted by Gasteiger charge is -2.12. The summed E-state index contributed by atoms with van der Waals surface area (Å²) in [6, 6.07) is 10.8. The van der Waals surface area contributed by atoms with Gasteiger partial charge in [0.25, 0.3) is 0 Å². The number of carbonyl (C=O) groups excluding carboxylic acids is 1. The SMILES string of the molecule is CCOc1cccc(C(=O)c2cccnc2NCC(C)C)c1. The number of nitrogens with one attached hydrogen (secondary N) is 1. The van der Waals surface area contributed by atoms with Crippen molar-refractivity contribution in [3.63, 3.8) is 0 Å². The lowest BCUT2D eigenvalue weighted by Crippen LogP contribution is -2.13.